The minimum Gasteiger partial charge on any atom is -0.481 e. The second-order valence-electron chi connectivity index (χ2n) is 5.39. The van der Waals surface area contributed by atoms with E-state index in [0.29, 0.717) is 0 Å². The van der Waals surface area contributed by atoms with E-state index in [4.69, 9.17) is 10.2 Å². The average molecular weight is 312 g/mol. The van der Waals surface area contributed by atoms with E-state index in [9.17, 15) is 14.2 Å². The number of aliphatic carboxylic acids is 2. The summed E-state index contributed by atoms with van der Waals surface area (Å²) in [5.41, 5.74) is -0.260. The summed E-state index contributed by atoms with van der Waals surface area (Å²) in [6, 6.07) is 9.14. The average Bonchev–Trinajstić information content (AvgIpc) is 2.38. The summed E-state index contributed by atoms with van der Waals surface area (Å²) in [4.78, 5) is 21.8. The van der Waals surface area contributed by atoms with Gasteiger partial charge in [0.1, 0.15) is 0 Å². The van der Waals surface area contributed by atoms with Gasteiger partial charge >= 0.3 is 11.9 Å². The minimum atomic E-state index is -2.99. The summed E-state index contributed by atoms with van der Waals surface area (Å²) in [6.45, 7) is 3.27. The van der Waals surface area contributed by atoms with Crippen molar-refractivity contribution in [3.8, 4) is 0 Å². The molecule has 1 aromatic rings. The lowest BCUT2D eigenvalue weighted by molar-refractivity contribution is -0.137. The van der Waals surface area contributed by atoms with Crippen LogP contribution in [0.2, 0.25) is 0 Å². The van der Waals surface area contributed by atoms with Crippen molar-refractivity contribution in [1.82, 2.24) is 0 Å². The first-order valence-corrected chi connectivity index (χ1v) is 8.84. The molecule has 0 saturated carbocycles. The molecule has 1 rings (SSSR count). The first-order valence-electron chi connectivity index (χ1n) is 6.81. The molecule has 0 amide bonds. The number of carbonyl (C=O) groups is 2. The van der Waals surface area contributed by atoms with Crippen molar-refractivity contribution in [2.24, 2.45) is 0 Å². The molecule has 6 heteroatoms. The molecular formula is C15H21O5P. The van der Waals surface area contributed by atoms with Gasteiger partial charge in [-0.1, -0.05) is 44.2 Å². The van der Waals surface area contributed by atoms with Crippen LogP contribution in [0.3, 0.4) is 0 Å². The van der Waals surface area contributed by atoms with E-state index in [0.717, 1.165) is 5.56 Å². The lowest BCUT2D eigenvalue weighted by Gasteiger charge is -2.29. The van der Waals surface area contributed by atoms with E-state index < -0.39 is 30.4 Å². The van der Waals surface area contributed by atoms with Gasteiger partial charge in [0, 0.05) is 17.5 Å². The van der Waals surface area contributed by atoms with Crippen molar-refractivity contribution >= 4 is 19.1 Å². The van der Waals surface area contributed by atoms with Crippen LogP contribution in [0.1, 0.15) is 32.3 Å². The van der Waals surface area contributed by atoms with Crippen LogP contribution in [-0.4, -0.2) is 33.5 Å². The molecule has 2 atom stereocenters. The molecule has 0 aliphatic rings. The highest BCUT2D eigenvalue weighted by atomic mass is 31.2. The zero-order valence-electron chi connectivity index (χ0n) is 12.2. The standard InChI is InChI=1S/C15H21O5P/c1-11(8-14(16)17)21(20,12(2)9-15(18)19)10-13-6-4-3-5-7-13/h3-7,11-12H,8-10H2,1-2H3,(H,16,17)(H,18,19). The van der Waals surface area contributed by atoms with Gasteiger partial charge in [-0.2, -0.15) is 0 Å². The molecule has 0 spiro atoms. The van der Waals surface area contributed by atoms with E-state index in [1.54, 1.807) is 13.8 Å². The molecule has 0 radical (unpaired) electrons. The summed E-state index contributed by atoms with van der Waals surface area (Å²) < 4.78 is 13.3. The van der Waals surface area contributed by atoms with E-state index in [-0.39, 0.29) is 19.0 Å². The normalized spacial score (nSPS) is 16.7. The molecule has 5 nitrogen and oxygen atoms in total. The summed E-state index contributed by atoms with van der Waals surface area (Å²) >= 11 is 0. The smallest absolute Gasteiger partial charge is 0.304 e. The number of rotatable bonds is 8. The predicted octanol–water partition coefficient (Wildman–Crippen LogP) is 3.28. The van der Waals surface area contributed by atoms with Crippen molar-refractivity contribution in [2.45, 2.75) is 44.2 Å². The Morgan fingerprint density at radius 1 is 1.00 bits per heavy atom. The lowest BCUT2D eigenvalue weighted by atomic mass is 10.2. The largest absolute Gasteiger partial charge is 0.481 e. The van der Waals surface area contributed by atoms with Crippen molar-refractivity contribution in [3.63, 3.8) is 0 Å². The fourth-order valence-electron chi connectivity index (χ4n) is 2.43. The minimum absolute atomic E-state index is 0.214. The SMILES string of the molecule is CC(CC(=O)O)P(=O)(Cc1ccccc1)C(C)CC(=O)O. The number of carboxylic acids is 2. The first kappa shape index (κ1) is 17.4. The molecule has 0 saturated heterocycles. The summed E-state index contributed by atoms with van der Waals surface area (Å²) in [5, 5.41) is 17.9. The molecule has 1 aromatic carbocycles. The maximum absolute atomic E-state index is 13.3. The molecule has 116 valence electrons. The lowest BCUT2D eigenvalue weighted by Crippen LogP contribution is -2.21. The summed E-state index contributed by atoms with van der Waals surface area (Å²) in [6.07, 6.45) is -0.196. The molecule has 2 unspecified atom stereocenters. The summed E-state index contributed by atoms with van der Waals surface area (Å²) in [7, 11) is -2.99. The van der Waals surface area contributed by atoms with Crippen LogP contribution in [-0.2, 0) is 20.3 Å². The highest BCUT2D eigenvalue weighted by Gasteiger charge is 2.37. The van der Waals surface area contributed by atoms with Crippen molar-refractivity contribution < 1.29 is 24.4 Å². The molecule has 0 heterocycles. The van der Waals surface area contributed by atoms with Crippen LogP contribution in [0.15, 0.2) is 30.3 Å². The van der Waals surface area contributed by atoms with Gasteiger partial charge in [-0.3, -0.25) is 9.59 Å². The molecule has 0 aliphatic heterocycles. The van der Waals surface area contributed by atoms with Crippen LogP contribution in [0.25, 0.3) is 0 Å². The van der Waals surface area contributed by atoms with E-state index in [1.807, 2.05) is 30.3 Å². The highest BCUT2D eigenvalue weighted by molar-refractivity contribution is 7.64. The van der Waals surface area contributed by atoms with Gasteiger partial charge in [-0.25, -0.2) is 0 Å². The van der Waals surface area contributed by atoms with Gasteiger partial charge in [0.25, 0.3) is 0 Å². The molecule has 0 aromatic heterocycles. The van der Waals surface area contributed by atoms with Crippen molar-refractivity contribution in [3.05, 3.63) is 35.9 Å². The second-order valence-corrected chi connectivity index (χ2v) is 9.18. The monoisotopic (exact) mass is 312 g/mol. The number of benzene rings is 1. The Balaban J connectivity index is 3.06. The molecule has 0 aliphatic carbocycles. The van der Waals surface area contributed by atoms with E-state index in [2.05, 4.69) is 0 Å². The zero-order chi connectivity index (χ0) is 16.0. The number of hydrogen-bond acceptors (Lipinski definition) is 3. The van der Waals surface area contributed by atoms with Crippen LogP contribution in [0.4, 0.5) is 0 Å². The van der Waals surface area contributed by atoms with Crippen LogP contribution < -0.4 is 0 Å². The van der Waals surface area contributed by atoms with Gasteiger partial charge in [0.15, 0.2) is 0 Å². The first-order chi connectivity index (χ1) is 9.75. The fraction of sp³-hybridized carbons (Fsp3) is 0.467. The fourth-order valence-corrected chi connectivity index (χ4v) is 5.63. The third-order valence-electron chi connectivity index (χ3n) is 3.70. The molecular weight excluding hydrogens is 291 g/mol. The highest BCUT2D eigenvalue weighted by Crippen LogP contribution is 2.59. The maximum atomic E-state index is 13.3. The Morgan fingerprint density at radius 3 is 1.81 bits per heavy atom. The molecule has 0 fully saturated rings. The van der Waals surface area contributed by atoms with E-state index >= 15 is 0 Å². The predicted molar refractivity (Wildman–Crippen MR) is 81.2 cm³/mol. The van der Waals surface area contributed by atoms with Gasteiger partial charge in [-0.05, 0) is 5.56 Å². The van der Waals surface area contributed by atoms with Gasteiger partial charge in [-0.15, -0.1) is 0 Å². The van der Waals surface area contributed by atoms with Gasteiger partial charge in [0.05, 0.1) is 20.0 Å². The Kier molecular flexibility index (Phi) is 6.16. The maximum Gasteiger partial charge on any atom is 0.304 e. The Bertz CT molecular complexity index is 514. The topological polar surface area (TPSA) is 91.7 Å². The van der Waals surface area contributed by atoms with Crippen molar-refractivity contribution in [1.29, 1.82) is 0 Å². The Morgan fingerprint density at radius 2 is 1.43 bits per heavy atom. The van der Waals surface area contributed by atoms with Crippen molar-refractivity contribution in [2.75, 3.05) is 0 Å². The van der Waals surface area contributed by atoms with Gasteiger partial charge in [0.2, 0.25) is 0 Å². The van der Waals surface area contributed by atoms with Gasteiger partial charge < -0.3 is 14.8 Å². The number of hydrogen-bond donors (Lipinski definition) is 2. The zero-order valence-corrected chi connectivity index (χ0v) is 13.1. The summed E-state index contributed by atoms with van der Waals surface area (Å²) in [5.74, 6) is -2.03. The Labute approximate surface area is 124 Å². The van der Waals surface area contributed by atoms with Crippen LogP contribution in [0, 0.1) is 0 Å². The molecule has 21 heavy (non-hydrogen) atoms. The van der Waals surface area contributed by atoms with Crippen LogP contribution >= 0.6 is 7.14 Å². The Hall–Kier alpha value is -1.61. The third-order valence-corrected chi connectivity index (χ3v) is 7.91. The third kappa shape index (κ3) is 5.01. The molecule has 2 N–H and O–H groups in total. The van der Waals surface area contributed by atoms with Crippen LogP contribution in [0.5, 0.6) is 0 Å². The molecule has 0 bridgehead atoms. The second kappa shape index (κ2) is 7.41. The number of carboxylic acid groups (broad SMARTS) is 2. The van der Waals surface area contributed by atoms with E-state index in [1.165, 1.54) is 0 Å². The quantitative estimate of drug-likeness (QED) is 0.719.